The standard InChI is InChI=1S/C10H11BrN4O2S/c1-5-4-12-10(18-5)13-8(16)6-7(11)15(2)14-9(6)17-3/h4H,1-3H3,(H,12,13,16). The molecule has 6 nitrogen and oxygen atoms in total. The molecule has 0 aliphatic rings. The number of carbonyl (C=O) groups is 1. The summed E-state index contributed by atoms with van der Waals surface area (Å²) in [5.41, 5.74) is 0.354. The Morgan fingerprint density at radius 1 is 1.61 bits per heavy atom. The lowest BCUT2D eigenvalue weighted by Gasteiger charge is -2.01. The summed E-state index contributed by atoms with van der Waals surface area (Å²) in [5, 5.41) is 7.33. The van der Waals surface area contributed by atoms with Crippen LogP contribution >= 0.6 is 27.3 Å². The van der Waals surface area contributed by atoms with Crippen LogP contribution in [0, 0.1) is 6.92 Å². The van der Waals surface area contributed by atoms with Gasteiger partial charge in [-0.15, -0.1) is 16.4 Å². The van der Waals surface area contributed by atoms with Crippen LogP contribution in [0.25, 0.3) is 0 Å². The molecule has 2 aromatic heterocycles. The fourth-order valence-corrected chi connectivity index (χ4v) is 2.47. The minimum absolute atomic E-state index is 0.273. The minimum Gasteiger partial charge on any atom is -0.479 e. The summed E-state index contributed by atoms with van der Waals surface area (Å²) in [4.78, 5) is 17.2. The summed E-state index contributed by atoms with van der Waals surface area (Å²) in [6.45, 7) is 1.92. The average molecular weight is 331 g/mol. The van der Waals surface area contributed by atoms with Crippen LogP contribution in [0.1, 0.15) is 15.2 Å². The van der Waals surface area contributed by atoms with E-state index in [9.17, 15) is 4.79 Å². The summed E-state index contributed by atoms with van der Waals surface area (Å²) in [6.07, 6.45) is 1.70. The van der Waals surface area contributed by atoms with Crippen LogP contribution < -0.4 is 10.1 Å². The lowest BCUT2D eigenvalue weighted by Crippen LogP contribution is -2.12. The first-order chi connectivity index (χ1) is 8.52. The van der Waals surface area contributed by atoms with Gasteiger partial charge >= 0.3 is 0 Å². The molecule has 0 fully saturated rings. The molecule has 0 aliphatic carbocycles. The molecule has 0 aromatic carbocycles. The lowest BCUT2D eigenvalue weighted by molar-refractivity contribution is 0.102. The number of methoxy groups -OCH3 is 1. The summed E-state index contributed by atoms with van der Waals surface area (Å²) in [7, 11) is 3.19. The van der Waals surface area contributed by atoms with Crippen molar-refractivity contribution in [3.05, 3.63) is 21.2 Å². The number of thiazole rings is 1. The van der Waals surface area contributed by atoms with E-state index in [0.29, 0.717) is 15.3 Å². The van der Waals surface area contributed by atoms with E-state index in [1.54, 1.807) is 13.2 Å². The largest absolute Gasteiger partial charge is 0.479 e. The smallest absolute Gasteiger partial charge is 0.265 e. The van der Waals surface area contributed by atoms with Crippen molar-refractivity contribution >= 4 is 38.3 Å². The molecule has 0 bridgehead atoms. The first-order valence-electron chi connectivity index (χ1n) is 5.03. The zero-order chi connectivity index (χ0) is 13.3. The number of hydrogen-bond acceptors (Lipinski definition) is 5. The van der Waals surface area contributed by atoms with Crippen molar-refractivity contribution in [2.24, 2.45) is 7.05 Å². The number of hydrogen-bond donors (Lipinski definition) is 1. The Labute approximate surface area is 116 Å². The minimum atomic E-state index is -0.304. The van der Waals surface area contributed by atoms with Crippen molar-refractivity contribution in [2.45, 2.75) is 6.92 Å². The number of carbonyl (C=O) groups excluding carboxylic acids is 1. The maximum Gasteiger partial charge on any atom is 0.265 e. The molecule has 0 radical (unpaired) electrons. The van der Waals surface area contributed by atoms with Crippen molar-refractivity contribution in [3.8, 4) is 5.88 Å². The topological polar surface area (TPSA) is 69.0 Å². The fourth-order valence-electron chi connectivity index (χ4n) is 1.39. The van der Waals surface area contributed by atoms with Crippen molar-refractivity contribution in [2.75, 3.05) is 12.4 Å². The molecule has 0 spiro atoms. The quantitative estimate of drug-likeness (QED) is 0.936. The van der Waals surface area contributed by atoms with Gasteiger partial charge in [-0.25, -0.2) is 4.98 Å². The molecule has 0 unspecified atom stereocenters. The summed E-state index contributed by atoms with van der Waals surface area (Å²) in [5.74, 6) is -0.0312. The van der Waals surface area contributed by atoms with Gasteiger partial charge in [0.2, 0.25) is 5.88 Å². The van der Waals surface area contributed by atoms with E-state index < -0.39 is 0 Å². The monoisotopic (exact) mass is 330 g/mol. The van der Waals surface area contributed by atoms with Crippen LogP contribution in [-0.4, -0.2) is 27.8 Å². The van der Waals surface area contributed by atoms with Gasteiger partial charge in [-0.05, 0) is 22.9 Å². The molecule has 0 atom stereocenters. The Bertz CT molecular complexity index is 593. The van der Waals surface area contributed by atoms with Gasteiger partial charge in [-0.2, -0.15) is 0 Å². The second-order valence-electron chi connectivity index (χ2n) is 3.53. The van der Waals surface area contributed by atoms with E-state index in [-0.39, 0.29) is 11.8 Å². The summed E-state index contributed by atoms with van der Waals surface area (Å²) >= 11 is 4.71. The highest BCUT2D eigenvalue weighted by molar-refractivity contribution is 9.10. The van der Waals surface area contributed by atoms with Crippen LogP contribution in [0.3, 0.4) is 0 Å². The Morgan fingerprint density at radius 3 is 2.89 bits per heavy atom. The number of nitrogens with zero attached hydrogens (tertiary/aromatic N) is 3. The van der Waals surface area contributed by atoms with Crippen molar-refractivity contribution in [1.82, 2.24) is 14.8 Å². The highest BCUT2D eigenvalue weighted by Crippen LogP contribution is 2.27. The zero-order valence-corrected chi connectivity index (χ0v) is 12.4. The van der Waals surface area contributed by atoms with E-state index in [1.165, 1.54) is 23.1 Å². The normalized spacial score (nSPS) is 10.4. The Kier molecular flexibility index (Phi) is 3.67. The van der Waals surface area contributed by atoms with Gasteiger partial charge in [-0.3, -0.25) is 14.8 Å². The molecule has 2 heterocycles. The molecule has 2 rings (SSSR count). The van der Waals surface area contributed by atoms with Gasteiger partial charge in [0.15, 0.2) is 5.13 Å². The van der Waals surface area contributed by atoms with E-state index in [4.69, 9.17) is 4.74 Å². The second kappa shape index (κ2) is 5.07. The predicted octanol–water partition coefficient (Wildman–Crippen LogP) is 2.21. The Balaban J connectivity index is 2.28. The molecule has 2 aromatic rings. The number of halogens is 1. The third-order valence-corrected chi connectivity index (χ3v) is 3.95. The maximum absolute atomic E-state index is 12.1. The SMILES string of the molecule is COc1nn(C)c(Br)c1C(=O)Nc1ncc(C)s1. The zero-order valence-electron chi connectivity index (χ0n) is 10.0. The number of anilines is 1. The van der Waals surface area contributed by atoms with E-state index in [0.717, 1.165) is 4.88 Å². The molecule has 0 saturated carbocycles. The summed E-state index contributed by atoms with van der Waals surface area (Å²) < 4.78 is 7.16. The maximum atomic E-state index is 12.1. The van der Waals surface area contributed by atoms with Crippen LogP contribution in [0.2, 0.25) is 0 Å². The van der Waals surface area contributed by atoms with Crippen LogP contribution in [-0.2, 0) is 7.05 Å². The first-order valence-corrected chi connectivity index (χ1v) is 6.64. The first kappa shape index (κ1) is 13.0. The van der Waals surface area contributed by atoms with E-state index in [2.05, 4.69) is 31.3 Å². The molecule has 1 amide bonds. The molecular formula is C10H11BrN4O2S. The number of aryl methyl sites for hydroxylation is 2. The van der Waals surface area contributed by atoms with Crippen molar-refractivity contribution < 1.29 is 9.53 Å². The fraction of sp³-hybridized carbons (Fsp3) is 0.300. The highest BCUT2D eigenvalue weighted by atomic mass is 79.9. The Hall–Kier alpha value is -1.41. The molecule has 0 saturated heterocycles. The predicted molar refractivity (Wildman–Crippen MR) is 72.3 cm³/mol. The number of rotatable bonds is 3. The van der Waals surface area contributed by atoms with Crippen molar-refractivity contribution in [3.63, 3.8) is 0 Å². The average Bonchev–Trinajstić information content (AvgIpc) is 2.84. The number of aromatic nitrogens is 3. The molecule has 1 N–H and O–H groups in total. The summed E-state index contributed by atoms with van der Waals surface area (Å²) in [6, 6.07) is 0. The van der Waals surface area contributed by atoms with Gasteiger partial charge in [0.1, 0.15) is 10.2 Å². The molecule has 96 valence electrons. The second-order valence-corrected chi connectivity index (χ2v) is 5.51. The molecule has 0 aliphatic heterocycles. The van der Waals surface area contributed by atoms with Crippen LogP contribution in [0.5, 0.6) is 5.88 Å². The van der Waals surface area contributed by atoms with Gasteiger partial charge < -0.3 is 4.74 Å². The number of amides is 1. The van der Waals surface area contributed by atoms with Gasteiger partial charge in [0.05, 0.1) is 7.11 Å². The Morgan fingerprint density at radius 2 is 2.33 bits per heavy atom. The third kappa shape index (κ3) is 2.39. The third-order valence-electron chi connectivity index (χ3n) is 2.21. The molecule has 8 heteroatoms. The van der Waals surface area contributed by atoms with Gasteiger partial charge in [0.25, 0.3) is 5.91 Å². The van der Waals surface area contributed by atoms with Gasteiger partial charge in [-0.1, -0.05) is 0 Å². The van der Waals surface area contributed by atoms with E-state index >= 15 is 0 Å². The number of ether oxygens (including phenoxy) is 1. The van der Waals surface area contributed by atoms with Crippen molar-refractivity contribution in [1.29, 1.82) is 0 Å². The number of nitrogens with one attached hydrogen (secondary N) is 1. The molecular weight excluding hydrogens is 320 g/mol. The van der Waals surface area contributed by atoms with Crippen LogP contribution in [0.4, 0.5) is 5.13 Å². The van der Waals surface area contributed by atoms with Crippen LogP contribution in [0.15, 0.2) is 10.8 Å². The molecule has 18 heavy (non-hydrogen) atoms. The highest BCUT2D eigenvalue weighted by Gasteiger charge is 2.22. The van der Waals surface area contributed by atoms with E-state index in [1.807, 2.05) is 6.92 Å². The lowest BCUT2D eigenvalue weighted by atomic mass is 10.3. The van der Waals surface area contributed by atoms with Gasteiger partial charge in [0, 0.05) is 18.1 Å².